The van der Waals surface area contributed by atoms with Crippen molar-refractivity contribution in [3.8, 4) is 0 Å². The molecule has 106 valence electrons. The molecule has 0 saturated carbocycles. The number of carbonyl (C=O) groups excluding carboxylic acids is 2. The monoisotopic (exact) mass is 276 g/mol. The van der Waals surface area contributed by atoms with Gasteiger partial charge in [0.1, 0.15) is 6.10 Å². The van der Waals surface area contributed by atoms with E-state index in [1.165, 1.54) is 6.08 Å². The van der Waals surface area contributed by atoms with Gasteiger partial charge in [-0.15, -0.1) is 0 Å². The van der Waals surface area contributed by atoms with Crippen LogP contribution in [0, 0.1) is 11.8 Å². The number of esters is 1. The third-order valence-corrected chi connectivity index (χ3v) is 4.48. The summed E-state index contributed by atoms with van der Waals surface area (Å²) in [4.78, 5) is 23.7. The number of fused-ring (bicyclic) bond motifs is 2. The average molecular weight is 276 g/mol. The quantitative estimate of drug-likeness (QED) is 0.531. The first-order valence-electron chi connectivity index (χ1n) is 6.58. The summed E-state index contributed by atoms with van der Waals surface area (Å²) < 4.78 is 5.24. The normalized spacial score (nSPS) is 36.5. The van der Waals surface area contributed by atoms with Gasteiger partial charge in [0.05, 0.1) is 18.6 Å². The molecule has 1 saturated heterocycles. The van der Waals surface area contributed by atoms with Gasteiger partial charge < -0.3 is 14.9 Å². The fraction of sp³-hybridized carbons (Fsp3) is 0.467. The number of aliphatic hydroxyl groups is 2. The summed E-state index contributed by atoms with van der Waals surface area (Å²) in [6.45, 7) is 5.22. The molecule has 1 heterocycles. The highest BCUT2D eigenvalue weighted by atomic mass is 16.6. The summed E-state index contributed by atoms with van der Waals surface area (Å²) in [5.41, 5.74) is 2.06. The zero-order chi connectivity index (χ0) is 14.6. The Hall–Kier alpha value is -1.72. The average Bonchev–Trinajstić information content (AvgIpc) is 2.83. The molecule has 3 aliphatic rings. The molecule has 0 bridgehead atoms. The molecule has 0 amide bonds. The van der Waals surface area contributed by atoms with Crippen molar-refractivity contribution in [3.63, 3.8) is 0 Å². The highest BCUT2D eigenvalue weighted by Crippen LogP contribution is 2.46. The van der Waals surface area contributed by atoms with Gasteiger partial charge in [0, 0.05) is 23.5 Å². The van der Waals surface area contributed by atoms with E-state index < -0.39 is 30.0 Å². The van der Waals surface area contributed by atoms with E-state index >= 15 is 0 Å². The van der Waals surface area contributed by atoms with Crippen LogP contribution in [0.2, 0.25) is 0 Å². The van der Waals surface area contributed by atoms with Gasteiger partial charge in [-0.3, -0.25) is 4.79 Å². The molecule has 4 unspecified atom stereocenters. The fourth-order valence-corrected chi connectivity index (χ4v) is 3.55. The number of allylic oxidation sites excluding steroid dienone is 1. The Morgan fingerprint density at radius 3 is 2.80 bits per heavy atom. The first-order valence-corrected chi connectivity index (χ1v) is 6.58. The largest absolute Gasteiger partial charge is 0.458 e. The molecule has 5 heteroatoms. The third-order valence-electron chi connectivity index (χ3n) is 4.48. The first-order chi connectivity index (χ1) is 9.45. The highest BCUT2D eigenvalue weighted by molar-refractivity contribution is 6.09. The minimum Gasteiger partial charge on any atom is -0.458 e. The highest BCUT2D eigenvalue weighted by Gasteiger charge is 2.51. The van der Waals surface area contributed by atoms with Crippen molar-refractivity contribution in [1.82, 2.24) is 0 Å². The second kappa shape index (κ2) is 4.40. The number of rotatable bonds is 1. The first kappa shape index (κ1) is 13.3. The molecule has 1 aliphatic heterocycles. The summed E-state index contributed by atoms with van der Waals surface area (Å²) in [6, 6.07) is 0. The van der Waals surface area contributed by atoms with Crippen molar-refractivity contribution in [2.75, 3.05) is 6.61 Å². The standard InChI is InChI=1S/C15H16O5/c1-6-3-10-12(7(2)15(19)20-10)14(18)13-8(5-16)4-9(17)11(6)13/h4,10,12-14,16,18H,2-3,5H2,1H3. The molecule has 0 radical (unpaired) electrons. The van der Waals surface area contributed by atoms with E-state index in [0.717, 1.165) is 5.57 Å². The molecule has 0 spiro atoms. The van der Waals surface area contributed by atoms with Crippen LogP contribution < -0.4 is 0 Å². The van der Waals surface area contributed by atoms with Crippen LogP contribution in [0.4, 0.5) is 0 Å². The maximum Gasteiger partial charge on any atom is 0.334 e. The van der Waals surface area contributed by atoms with Gasteiger partial charge in [-0.25, -0.2) is 4.79 Å². The molecule has 3 rings (SSSR count). The molecule has 0 aromatic carbocycles. The van der Waals surface area contributed by atoms with E-state index in [-0.39, 0.29) is 18.0 Å². The minimum absolute atomic E-state index is 0.174. The number of hydrogen-bond acceptors (Lipinski definition) is 5. The maximum absolute atomic E-state index is 12.1. The molecular formula is C15H16O5. The lowest BCUT2D eigenvalue weighted by atomic mass is 9.81. The zero-order valence-electron chi connectivity index (χ0n) is 11.1. The predicted molar refractivity (Wildman–Crippen MR) is 69.5 cm³/mol. The topological polar surface area (TPSA) is 83.8 Å². The number of aliphatic hydroxyl groups excluding tert-OH is 2. The molecule has 4 atom stereocenters. The van der Waals surface area contributed by atoms with Gasteiger partial charge in [0.25, 0.3) is 0 Å². The van der Waals surface area contributed by atoms with Gasteiger partial charge in [-0.05, 0) is 18.6 Å². The molecule has 2 N–H and O–H groups in total. The third kappa shape index (κ3) is 1.63. The summed E-state index contributed by atoms with van der Waals surface area (Å²) in [5, 5.41) is 20.0. The van der Waals surface area contributed by atoms with Crippen LogP contribution in [0.3, 0.4) is 0 Å². The summed E-state index contributed by atoms with van der Waals surface area (Å²) in [6.07, 6.45) is 0.344. The second-order valence-electron chi connectivity index (χ2n) is 5.60. The van der Waals surface area contributed by atoms with E-state index in [9.17, 15) is 19.8 Å². The fourth-order valence-electron chi connectivity index (χ4n) is 3.55. The Kier molecular flexibility index (Phi) is 2.92. The lowest BCUT2D eigenvalue weighted by Gasteiger charge is -2.26. The van der Waals surface area contributed by atoms with E-state index in [1.807, 2.05) is 0 Å². The SMILES string of the molecule is C=C1C(=O)OC2CC(C)=C3C(=O)C=C(CO)C3C(O)C12. The predicted octanol–water partition coefficient (Wildman–Crippen LogP) is 0.283. The maximum atomic E-state index is 12.1. The van der Waals surface area contributed by atoms with Crippen LogP contribution in [0.5, 0.6) is 0 Å². The Morgan fingerprint density at radius 2 is 2.15 bits per heavy atom. The Morgan fingerprint density at radius 1 is 1.45 bits per heavy atom. The molecule has 1 fully saturated rings. The number of hydrogen-bond donors (Lipinski definition) is 2. The zero-order valence-corrected chi connectivity index (χ0v) is 11.1. The molecule has 20 heavy (non-hydrogen) atoms. The van der Waals surface area contributed by atoms with Gasteiger partial charge in [0.2, 0.25) is 0 Å². The van der Waals surface area contributed by atoms with Gasteiger partial charge in [-0.2, -0.15) is 0 Å². The molecule has 2 aliphatic carbocycles. The van der Waals surface area contributed by atoms with Crippen molar-refractivity contribution >= 4 is 11.8 Å². The van der Waals surface area contributed by atoms with Crippen LogP contribution >= 0.6 is 0 Å². The molecule has 5 nitrogen and oxygen atoms in total. The van der Waals surface area contributed by atoms with Gasteiger partial charge in [0.15, 0.2) is 5.78 Å². The summed E-state index contributed by atoms with van der Waals surface area (Å²) >= 11 is 0. The van der Waals surface area contributed by atoms with E-state index in [4.69, 9.17) is 4.74 Å². The molecule has 0 aromatic rings. The van der Waals surface area contributed by atoms with Crippen LogP contribution in [-0.4, -0.2) is 40.8 Å². The van der Waals surface area contributed by atoms with Gasteiger partial charge in [-0.1, -0.05) is 12.2 Å². The summed E-state index contributed by atoms with van der Waals surface area (Å²) in [7, 11) is 0. The smallest absolute Gasteiger partial charge is 0.334 e. The Bertz CT molecular complexity index is 583. The van der Waals surface area contributed by atoms with Crippen LogP contribution in [0.1, 0.15) is 13.3 Å². The van der Waals surface area contributed by atoms with Crippen molar-refractivity contribution in [2.24, 2.45) is 11.8 Å². The van der Waals surface area contributed by atoms with Crippen LogP contribution in [0.25, 0.3) is 0 Å². The van der Waals surface area contributed by atoms with E-state index in [2.05, 4.69) is 6.58 Å². The minimum atomic E-state index is -0.976. The number of carbonyl (C=O) groups is 2. The Labute approximate surface area is 116 Å². The van der Waals surface area contributed by atoms with Crippen LogP contribution in [0.15, 0.2) is 34.9 Å². The second-order valence-corrected chi connectivity index (χ2v) is 5.60. The lowest BCUT2D eigenvalue weighted by molar-refractivity contribution is -0.139. The van der Waals surface area contributed by atoms with Crippen molar-refractivity contribution < 1.29 is 24.5 Å². The summed E-state index contributed by atoms with van der Waals surface area (Å²) in [5.74, 6) is -1.75. The van der Waals surface area contributed by atoms with Crippen molar-refractivity contribution in [2.45, 2.75) is 25.6 Å². The van der Waals surface area contributed by atoms with E-state index in [0.29, 0.717) is 17.6 Å². The van der Waals surface area contributed by atoms with Crippen molar-refractivity contribution in [3.05, 3.63) is 34.9 Å². The van der Waals surface area contributed by atoms with E-state index in [1.54, 1.807) is 6.92 Å². The number of ketones is 1. The Balaban J connectivity index is 2.10. The van der Waals surface area contributed by atoms with Gasteiger partial charge >= 0.3 is 5.97 Å². The van der Waals surface area contributed by atoms with Crippen molar-refractivity contribution in [1.29, 1.82) is 0 Å². The molecular weight excluding hydrogens is 260 g/mol. The molecule has 0 aromatic heterocycles. The number of ether oxygens (including phenoxy) is 1. The lowest BCUT2D eigenvalue weighted by Crippen LogP contribution is -2.34. The van der Waals surface area contributed by atoms with Crippen LogP contribution in [-0.2, 0) is 14.3 Å².